The Balaban J connectivity index is 1.46. The van der Waals surface area contributed by atoms with Crippen molar-refractivity contribution in [2.45, 2.75) is 20.0 Å². The Kier molecular flexibility index (Phi) is 5.02. The summed E-state index contributed by atoms with van der Waals surface area (Å²) in [6.45, 7) is 2.00. The molecular weight excluding hydrogens is 374 g/mol. The highest BCUT2D eigenvalue weighted by molar-refractivity contribution is 5.89. The van der Waals surface area contributed by atoms with Gasteiger partial charge in [0.05, 0.1) is 12.2 Å². The van der Waals surface area contributed by atoms with Crippen LogP contribution in [0.2, 0.25) is 0 Å². The number of rotatable bonds is 6. The maximum absolute atomic E-state index is 12.2. The van der Waals surface area contributed by atoms with Crippen molar-refractivity contribution in [3.8, 4) is 11.3 Å². The zero-order valence-electron chi connectivity index (χ0n) is 15.5. The lowest BCUT2D eigenvalue weighted by molar-refractivity contribution is 0.0904. The fourth-order valence-corrected chi connectivity index (χ4v) is 2.69. The van der Waals surface area contributed by atoms with Crippen LogP contribution in [0.1, 0.15) is 28.0 Å². The number of carbonyl (C=O) groups is 1. The van der Waals surface area contributed by atoms with Crippen LogP contribution in [-0.2, 0) is 13.1 Å². The molecule has 0 fully saturated rings. The second-order valence-electron chi connectivity index (χ2n) is 6.29. The van der Waals surface area contributed by atoms with E-state index in [1.54, 1.807) is 18.2 Å². The first-order valence-corrected chi connectivity index (χ1v) is 8.88. The maximum atomic E-state index is 12.2. The predicted octanol–water partition coefficient (Wildman–Crippen LogP) is 2.17. The molecule has 29 heavy (non-hydrogen) atoms. The molecule has 0 spiro atoms. The average Bonchev–Trinajstić information content (AvgIpc) is 3.37. The molecule has 0 aliphatic rings. The molecule has 3 aromatic heterocycles. The largest absolute Gasteiger partial charge is 0.465 e. The summed E-state index contributed by atoms with van der Waals surface area (Å²) in [4.78, 5) is 28.3. The highest BCUT2D eigenvalue weighted by Crippen LogP contribution is 2.14. The molecule has 1 amide bonds. The van der Waals surface area contributed by atoms with E-state index in [4.69, 9.17) is 8.94 Å². The summed E-state index contributed by atoms with van der Waals surface area (Å²) < 4.78 is 11.6. The van der Waals surface area contributed by atoms with Gasteiger partial charge in [-0.15, -0.1) is 0 Å². The first-order chi connectivity index (χ1) is 14.1. The van der Waals surface area contributed by atoms with Crippen LogP contribution in [0.5, 0.6) is 0 Å². The van der Waals surface area contributed by atoms with Crippen LogP contribution in [0, 0.1) is 6.92 Å². The van der Waals surface area contributed by atoms with Crippen molar-refractivity contribution in [3.63, 3.8) is 0 Å². The number of carbonyl (C=O) groups excluding carboxylic acids is 1. The van der Waals surface area contributed by atoms with Crippen LogP contribution in [-0.4, -0.2) is 25.8 Å². The molecule has 3 heterocycles. The summed E-state index contributed by atoms with van der Waals surface area (Å²) >= 11 is 0. The van der Waals surface area contributed by atoms with Crippen molar-refractivity contribution in [2.24, 2.45) is 0 Å². The number of hydrogen-bond donors (Lipinski definition) is 1. The minimum absolute atomic E-state index is 0.0202. The van der Waals surface area contributed by atoms with Gasteiger partial charge in [-0.1, -0.05) is 35.5 Å². The normalized spacial score (nSPS) is 10.8. The summed E-state index contributed by atoms with van der Waals surface area (Å²) in [5, 5.41) is 10.7. The number of benzene rings is 1. The third-order valence-electron chi connectivity index (χ3n) is 4.11. The molecule has 0 radical (unpaired) electrons. The van der Waals surface area contributed by atoms with Gasteiger partial charge >= 0.3 is 11.8 Å². The fourth-order valence-electron chi connectivity index (χ4n) is 2.69. The van der Waals surface area contributed by atoms with E-state index in [1.165, 1.54) is 10.7 Å². The van der Waals surface area contributed by atoms with Gasteiger partial charge in [0.2, 0.25) is 0 Å². The number of furan rings is 1. The van der Waals surface area contributed by atoms with Crippen LogP contribution in [0.25, 0.3) is 11.3 Å². The van der Waals surface area contributed by atoms with Gasteiger partial charge in [0.25, 0.3) is 5.56 Å². The molecule has 0 aliphatic carbocycles. The van der Waals surface area contributed by atoms with E-state index in [-0.39, 0.29) is 30.4 Å². The first kappa shape index (κ1) is 18.4. The van der Waals surface area contributed by atoms with Gasteiger partial charge in [-0.3, -0.25) is 9.59 Å². The third-order valence-corrected chi connectivity index (χ3v) is 4.11. The molecule has 1 aromatic carbocycles. The van der Waals surface area contributed by atoms with Crippen molar-refractivity contribution in [1.82, 2.24) is 25.2 Å². The maximum Gasteiger partial charge on any atom is 0.316 e. The van der Waals surface area contributed by atoms with Crippen LogP contribution < -0.4 is 10.9 Å². The Morgan fingerprint density at radius 2 is 1.93 bits per heavy atom. The Labute approximate surface area is 165 Å². The van der Waals surface area contributed by atoms with Gasteiger partial charge in [0.15, 0.2) is 5.82 Å². The number of nitrogens with zero attached hydrogens (tertiary/aromatic N) is 4. The van der Waals surface area contributed by atoms with Gasteiger partial charge in [-0.25, -0.2) is 4.68 Å². The van der Waals surface area contributed by atoms with Crippen molar-refractivity contribution >= 4 is 5.91 Å². The lowest BCUT2D eigenvalue weighted by Crippen LogP contribution is -2.24. The average molecular weight is 391 g/mol. The van der Waals surface area contributed by atoms with Crippen LogP contribution in [0.3, 0.4) is 0 Å². The van der Waals surface area contributed by atoms with E-state index in [9.17, 15) is 9.59 Å². The predicted molar refractivity (Wildman–Crippen MR) is 102 cm³/mol. The molecule has 0 unspecified atom stereocenters. The van der Waals surface area contributed by atoms with Gasteiger partial charge in [0.1, 0.15) is 18.1 Å². The Bertz CT molecular complexity index is 1190. The summed E-state index contributed by atoms with van der Waals surface area (Å²) in [5.41, 5.74) is 1.21. The standard InChI is InChI=1S/C20H17N5O4/c1-13-7-8-15(28-13)11-21-19(27)20-22-17(24-29-20)12-25-18(26)10-9-16(23-25)14-5-3-2-4-6-14/h2-10H,11-12H2,1H3,(H,21,27). The third kappa shape index (κ3) is 4.29. The Morgan fingerprint density at radius 1 is 1.10 bits per heavy atom. The highest BCUT2D eigenvalue weighted by Gasteiger charge is 2.16. The second-order valence-corrected chi connectivity index (χ2v) is 6.29. The number of aromatic nitrogens is 4. The van der Waals surface area contributed by atoms with Crippen molar-refractivity contribution in [1.29, 1.82) is 0 Å². The van der Waals surface area contributed by atoms with Gasteiger partial charge in [-0.2, -0.15) is 10.1 Å². The topological polar surface area (TPSA) is 116 Å². The van der Waals surface area contributed by atoms with Crippen LogP contribution in [0.4, 0.5) is 0 Å². The molecule has 1 N–H and O–H groups in total. The number of aryl methyl sites for hydroxylation is 1. The SMILES string of the molecule is Cc1ccc(CNC(=O)c2nc(Cn3nc(-c4ccccc4)ccc3=O)no2)o1. The van der Waals surface area contributed by atoms with E-state index in [2.05, 4.69) is 20.6 Å². The number of nitrogens with one attached hydrogen (secondary N) is 1. The summed E-state index contributed by atoms with van der Waals surface area (Å²) in [5.74, 6) is 0.810. The van der Waals surface area contributed by atoms with Gasteiger partial charge in [0, 0.05) is 11.6 Å². The van der Waals surface area contributed by atoms with E-state index in [0.29, 0.717) is 11.5 Å². The molecule has 4 rings (SSSR count). The Morgan fingerprint density at radius 3 is 2.69 bits per heavy atom. The molecular formula is C20H17N5O4. The monoisotopic (exact) mass is 391 g/mol. The van der Waals surface area contributed by atoms with E-state index in [1.807, 2.05) is 37.3 Å². The minimum atomic E-state index is -0.531. The van der Waals surface area contributed by atoms with Gasteiger partial charge < -0.3 is 14.3 Å². The molecule has 0 bridgehead atoms. The van der Waals surface area contributed by atoms with Crippen molar-refractivity contribution in [3.05, 3.63) is 88.2 Å². The number of hydrogen-bond acceptors (Lipinski definition) is 7. The zero-order chi connectivity index (χ0) is 20.2. The highest BCUT2D eigenvalue weighted by atomic mass is 16.5. The second kappa shape index (κ2) is 7.93. The smallest absolute Gasteiger partial charge is 0.316 e. The zero-order valence-corrected chi connectivity index (χ0v) is 15.5. The molecule has 146 valence electrons. The van der Waals surface area contributed by atoms with Gasteiger partial charge in [-0.05, 0) is 25.1 Å². The van der Waals surface area contributed by atoms with E-state index >= 15 is 0 Å². The minimum Gasteiger partial charge on any atom is -0.465 e. The Hall–Kier alpha value is -4.01. The quantitative estimate of drug-likeness (QED) is 0.535. The molecule has 0 aliphatic heterocycles. The first-order valence-electron chi connectivity index (χ1n) is 8.88. The van der Waals surface area contributed by atoms with Crippen molar-refractivity contribution < 1.29 is 13.7 Å². The molecule has 0 saturated heterocycles. The van der Waals surface area contributed by atoms with Crippen LogP contribution in [0.15, 0.2) is 68.3 Å². The summed E-state index contributed by atoms with van der Waals surface area (Å²) in [7, 11) is 0. The summed E-state index contributed by atoms with van der Waals surface area (Å²) in [6, 6.07) is 16.1. The number of amides is 1. The summed E-state index contributed by atoms with van der Waals surface area (Å²) in [6.07, 6.45) is 0. The van der Waals surface area contributed by atoms with Crippen molar-refractivity contribution in [2.75, 3.05) is 0 Å². The van der Waals surface area contributed by atoms with E-state index in [0.717, 1.165) is 11.3 Å². The van der Waals surface area contributed by atoms with E-state index < -0.39 is 5.91 Å². The molecule has 9 heteroatoms. The lowest BCUT2D eigenvalue weighted by Gasteiger charge is -2.04. The van der Waals surface area contributed by atoms with Crippen LogP contribution >= 0.6 is 0 Å². The molecule has 4 aromatic rings. The molecule has 9 nitrogen and oxygen atoms in total. The molecule has 0 saturated carbocycles. The fraction of sp³-hybridized carbons (Fsp3) is 0.150. The molecule has 0 atom stereocenters. The lowest BCUT2D eigenvalue weighted by atomic mass is 10.1.